The minimum absolute atomic E-state index is 0.199. The molecule has 0 aromatic carbocycles. The molecule has 16 nitrogen and oxygen atoms in total. The highest BCUT2D eigenvalue weighted by Gasteiger charge is 2.24. The van der Waals surface area contributed by atoms with E-state index in [1.807, 2.05) is 0 Å². The van der Waals surface area contributed by atoms with Gasteiger partial charge < -0.3 is 55.0 Å². The number of hydrogen-bond donors (Lipinski definition) is 11. The van der Waals surface area contributed by atoms with E-state index >= 15 is 0 Å². The highest BCUT2D eigenvalue weighted by molar-refractivity contribution is 5.92. The number of primary amides is 1. The van der Waals surface area contributed by atoms with Gasteiger partial charge in [-0.1, -0.05) is 0 Å². The first-order chi connectivity index (χ1) is 17.6. The van der Waals surface area contributed by atoms with Crippen LogP contribution in [-0.2, 0) is 24.0 Å². The molecule has 5 amide bonds. The van der Waals surface area contributed by atoms with Crippen molar-refractivity contribution in [2.45, 2.75) is 62.9 Å². The molecule has 37 heavy (non-hydrogen) atoms. The van der Waals surface area contributed by atoms with Crippen LogP contribution in [0.1, 0.15) is 38.5 Å². The van der Waals surface area contributed by atoms with E-state index in [1.165, 1.54) is 0 Å². The van der Waals surface area contributed by atoms with Crippen LogP contribution in [0.3, 0.4) is 0 Å². The van der Waals surface area contributed by atoms with Crippen molar-refractivity contribution in [3.05, 3.63) is 0 Å². The summed E-state index contributed by atoms with van der Waals surface area (Å²) in [5.74, 6) is -3.07. The first kappa shape index (κ1) is 34.1. The van der Waals surface area contributed by atoms with Gasteiger partial charge >= 0.3 is 0 Å². The summed E-state index contributed by atoms with van der Waals surface area (Å²) in [6.45, 7) is -0.147. The first-order valence-corrected chi connectivity index (χ1v) is 12.3. The van der Waals surface area contributed by atoms with Crippen LogP contribution in [0, 0.1) is 0 Å². The van der Waals surface area contributed by atoms with Crippen molar-refractivity contribution in [2.75, 3.05) is 39.3 Å². The predicted octanol–water partition coefficient (Wildman–Crippen LogP) is -5.87. The van der Waals surface area contributed by atoms with Crippen molar-refractivity contribution in [2.24, 2.45) is 28.7 Å². The summed E-state index contributed by atoms with van der Waals surface area (Å²) in [6, 6.07) is -2.64. The number of nitrogens with two attached hydrogens (primary N) is 5. The van der Waals surface area contributed by atoms with Crippen LogP contribution in [0.15, 0.2) is 0 Å². The van der Waals surface area contributed by atoms with Crippen molar-refractivity contribution in [1.82, 2.24) is 26.6 Å². The molecule has 16 N–H and O–H groups in total. The normalized spacial score (nSPS) is 14.1. The van der Waals surface area contributed by atoms with Crippen LogP contribution in [0.25, 0.3) is 0 Å². The van der Waals surface area contributed by atoms with Gasteiger partial charge in [0.2, 0.25) is 29.5 Å². The second-order valence-electron chi connectivity index (χ2n) is 8.36. The van der Waals surface area contributed by atoms with Crippen LogP contribution >= 0.6 is 0 Å². The van der Waals surface area contributed by atoms with E-state index in [4.69, 9.17) is 28.7 Å². The molecular formula is C21H44N10O6. The predicted molar refractivity (Wildman–Crippen MR) is 136 cm³/mol. The van der Waals surface area contributed by atoms with E-state index in [9.17, 15) is 29.1 Å². The van der Waals surface area contributed by atoms with Crippen molar-refractivity contribution >= 4 is 29.5 Å². The summed E-state index contributed by atoms with van der Waals surface area (Å²) < 4.78 is 0. The zero-order valence-electron chi connectivity index (χ0n) is 21.2. The van der Waals surface area contributed by atoms with Crippen molar-refractivity contribution < 1.29 is 29.1 Å². The van der Waals surface area contributed by atoms with E-state index in [-0.39, 0.29) is 32.5 Å². The van der Waals surface area contributed by atoms with Crippen molar-refractivity contribution in [1.29, 1.82) is 0 Å². The summed E-state index contributed by atoms with van der Waals surface area (Å²) >= 11 is 0. The molecule has 4 atom stereocenters. The van der Waals surface area contributed by atoms with Gasteiger partial charge in [0, 0.05) is 0 Å². The lowest BCUT2D eigenvalue weighted by Crippen LogP contribution is -2.55. The quantitative estimate of drug-likeness (QED) is 0.0618. The number of hydrogen-bond acceptors (Lipinski definition) is 11. The van der Waals surface area contributed by atoms with E-state index in [0.717, 1.165) is 0 Å². The molecule has 0 aliphatic carbocycles. The van der Waals surface area contributed by atoms with E-state index < -0.39 is 60.4 Å². The number of rotatable bonds is 21. The molecule has 0 rings (SSSR count). The van der Waals surface area contributed by atoms with Gasteiger partial charge in [0.25, 0.3) is 0 Å². The number of carbonyl (C=O) groups is 5. The number of carbonyl (C=O) groups excluding carboxylic acids is 5. The maximum absolute atomic E-state index is 12.6. The summed E-state index contributed by atoms with van der Waals surface area (Å²) in [6.07, 6.45) is 0.948. The second kappa shape index (κ2) is 20.2. The van der Waals surface area contributed by atoms with Crippen LogP contribution in [0.5, 0.6) is 0 Å². The highest BCUT2D eigenvalue weighted by Crippen LogP contribution is 2.01. The van der Waals surface area contributed by atoms with E-state index in [2.05, 4.69) is 26.6 Å². The van der Waals surface area contributed by atoms with Crippen LogP contribution in [0.2, 0.25) is 0 Å². The Kier molecular flexibility index (Phi) is 18.6. The standard InChI is InChI=1S/C21H44N10O6/c22-7-1-4-13(19(26)35)29-17(33)11-27-21(37)15(6-3-9-24)31-18(34)12-28-20(36)14(5-2-8-23)30-16(32)10-25/h13-15,20,28,36H,1-12,22-25H2,(H2,26,35)(H,27,37)(H,29,33)(H,30,32)(H,31,34)/t13-,14-,15-,20?/m0/s1. The SMILES string of the molecule is NCCC[C@H](NC(=O)CNC(=O)[C@H](CCCN)NC(=O)CNC(O)[C@H](CCCN)NC(=O)CN)C(N)=O. The number of nitrogens with one attached hydrogen (secondary N) is 5. The zero-order chi connectivity index (χ0) is 28.2. The summed E-state index contributed by atoms with van der Waals surface area (Å²) in [4.78, 5) is 60.2. The number of amides is 5. The lowest BCUT2D eigenvalue weighted by atomic mass is 10.1. The van der Waals surface area contributed by atoms with Crippen LogP contribution in [0.4, 0.5) is 0 Å². The molecular weight excluding hydrogens is 488 g/mol. The third-order valence-electron chi connectivity index (χ3n) is 5.25. The fourth-order valence-electron chi connectivity index (χ4n) is 3.23. The van der Waals surface area contributed by atoms with Crippen molar-refractivity contribution in [3.63, 3.8) is 0 Å². The molecule has 0 radical (unpaired) electrons. The molecule has 0 saturated carbocycles. The Labute approximate surface area is 216 Å². The van der Waals surface area contributed by atoms with E-state index in [0.29, 0.717) is 38.8 Å². The average molecular weight is 533 g/mol. The lowest BCUT2D eigenvalue weighted by Gasteiger charge is -2.25. The summed E-state index contributed by atoms with van der Waals surface area (Å²) in [5, 5.41) is 22.9. The maximum atomic E-state index is 12.6. The van der Waals surface area contributed by atoms with Crippen molar-refractivity contribution in [3.8, 4) is 0 Å². The highest BCUT2D eigenvalue weighted by atomic mass is 16.3. The molecule has 0 spiro atoms. The lowest BCUT2D eigenvalue weighted by molar-refractivity contribution is -0.131. The van der Waals surface area contributed by atoms with Gasteiger partial charge in [-0.05, 0) is 58.2 Å². The third-order valence-corrected chi connectivity index (χ3v) is 5.25. The van der Waals surface area contributed by atoms with Gasteiger partial charge in [-0.15, -0.1) is 0 Å². The molecule has 0 aliphatic heterocycles. The molecule has 0 heterocycles. The molecule has 1 unspecified atom stereocenters. The second-order valence-corrected chi connectivity index (χ2v) is 8.36. The Bertz CT molecular complexity index is 726. The fourth-order valence-corrected chi connectivity index (χ4v) is 3.23. The Balaban J connectivity index is 4.89. The minimum Gasteiger partial charge on any atom is -0.376 e. The summed E-state index contributed by atoms with van der Waals surface area (Å²) in [7, 11) is 0. The Morgan fingerprint density at radius 1 is 0.676 bits per heavy atom. The van der Waals surface area contributed by atoms with Gasteiger partial charge in [0.15, 0.2) is 0 Å². The molecule has 0 aromatic heterocycles. The molecule has 0 aromatic rings. The smallest absolute Gasteiger partial charge is 0.243 e. The summed E-state index contributed by atoms with van der Waals surface area (Å²) in [5.41, 5.74) is 27.0. The van der Waals surface area contributed by atoms with Gasteiger partial charge in [-0.2, -0.15) is 0 Å². The van der Waals surface area contributed by atoms with Gasteiger partial charge in [-0.25, -0.2) is 0 Å². The zero-order valence-corrected chi connectivity index (χ0v) is 21.2. The van der Waals surface area contributed by atoms with Crippen LogP contribution in [-0.4, -0.2) is 98.3 Å². The monoisotopic (exact) mass is 532 g/mol. The fraction of sp³-hybridized carbons (Fsp3) is 0.762. The van der Waals surface area contributed by atoms with Gasteiger partial charge in [-0.3, -0.25) is 29.3 Å². The minimum atomic E-state index is -1.27. The molecule has 0 saturated heterocycles. The van der Waals surface area contributed by atoms with Gasteiger partial charge in [0.05, 0.1) is 25.7 Å². The Morgan fingerprint density at radius 3 is 1.73 bits per heavy atom. The van der Waals surface area contributed by atoms with Crippen LogP contribution < -0.4 is 55.3 Å². The molecule has 16 heteroatoms. The molecule has 0 fully saturated rings. The Morgan fingerprint density at radius 2 is 1.19 bits per heavy atom. The number of aliphatic hydroxyl groups excluding tert-OH is 1. The molecule has 0 aliphatic rings. The molecule has 0 bridgehead atoms. The maximum Gasteiger partial charge on any atom is 0.243 e. The van der Waals surface area contributed by atoms with Gasteiger partial charge in [0.1, 0.15) is 18.3 Å². The third kappa shape index (κ3) is 15.7. The van der Waals surface area contributed by atoms with E-state index in [1.54, 1.807) is 0 Å². The topological polar surface area (TPSA) is 296 Å². The average Bonchev–Trinajstić information content (AvgIpc) is 2.87. The first-order valence-electron chi connectivity index (χ1n) is 12.3. The largest absolute Gasteiger partial charge is 0.376 e. The number of aliphatic hydroxyl groups is 1. The molecule has 214 valence electrons. The Hall–Kier alpha value is -2.89.